The normalized spacial score (nSPS) is 19.4. The number of ether oxygens (including phenoxy) is 3. The first kappa shape index (κ1) is 42.2. The molecule has 0 radical (unpaired) electrons. The number of hydrogen-bond acceptors (Lipinski definition) is 9. The van der Waals surface area contributed by atoms with E-state index >= 15 is 0 Å². The molecule has 14 heteroatoms. The fourth-order valence-corrected chi connectivity index (χ4v) is 5.95. The summed E-state index contributed by atoms with van der Waals surface area (Å²) in [7, 11) is 0. The number of carbonyl (C=O) groups excluding carboxylic acids is 1. The number of hydrogen-bond donors (Lipinski definition) is 3. The number of halogens is 4. The highest BCUT2D eigenvalue weighted by Gasteiger charge is 2.33. The quantitative estimate of drug-likeness (QED) is 0.299. The van der Waals surface area contributed by atoms with Gasteiger partial charge in [0, 0.05) is 44.9 Å². The van der Waals surface area contributed by atoms with E-state index in [-0.39, 0.29) is 43.6 Å². The van der Waals surface area contributed by atoms with Gasteiger partial charge >= 0.3 is 6.09 Å². The van der Waals surface area contributed by atoms with Gasteiger partial charge in [-0.25, -0.2) is 4.79 Å². The van der Waals surface area contributed by atoms with Crippen LogP contribution in [0.3, 0.4) is 0 Å². The van der Waals surface area contributed by atoms with Crippen molar-refractivity contribution in [3.63, 3.8) is 0 Å². The SMILES string of the molecule is CC(C)(C)OC(=O)N1CC=C(c2ncc(C[C@@H]3COC(C)(C)O3)cc2Cl)CC1.Cl.Cl.OC[C@H](O)Cc1cnc(C2=CCNCC2)c(Cl)c1. The van der Waals surface area contributed by atoms with Crippen molar-refractivity contribution < 1.29 is 29.2 Å². The fourth-order valence-electron chi connectivity index (χ4n) is 5.33. The Morgan fingerprint density at radius 2 is 1.71 bits per heavy atom. The Hall–Kier alpha value is -1.99. The molecule has 0 bridgehead atoms. The minimum absolute atomic E-state index is 0. The second-order valence-electron chi connectivity index (χ2n) is 13.1. The van der Waals surface area contributed by atoms with Crippen LogP contribution in [0.4, 0.5) is 4.79 Å². The summed E-state index contributed by atoms with van der Waals surface area (Å²) in [6.45, 7) is 12.6. The number of rotatable bonds is 7. The minimum atomic E-state index is -0.758. The van der Waals surface area contributed by atoms with E-state index in [1.54, 1.807) is 11.1 Å². The van der Waals surface area contributed by atoms with Crippen molar-refractivity contribution in [3.8, 4) is 0 Å². The Labute approximate surface area is 306 Å². The second kappa shape index (κ2) is 18.8. The Bertz CT molecular complexity index is 1430. The molecule has 3 aliphatic heterocycles. The van der Waals surface area contributed by atoms with E-state index in [1.807, 2.05) is 59.0 Å². The van der Waals surface area contributed by atoms with Gasteiger partial charge in [-0.1, -0.05) is 35.4 Å². The van der Waals surface area contributed by atoms with Gasteiger partial charge in [-0.2, -0.15) is 0 Å². The molecule has 3 N–H and O–H groups in total. The molecule has 268 valence electrons. The van der Waals surface area contributed by atoms with Crippen LogP contribution in [0.1, 0.15) is 70.0 Å². The van der Waals surface area contributed by atoms with Crippen LogP contribution in [0.2, 0.25) is 10.0 Å². The summed E-state index contributed by atoms with van der Waals surface area (Å²) in [6.07, 6.45) is 9.30. The third-order valence-electron chi connectivity index (χ3n) is 7.54. The molecular weight excluding hydrogens is 702 g/mol. The molecule has 3 aliphatic rings. The molecule has 2 atom stereocenters. The largest absolute Gasteiger partial charge is 0.444 e. The minimum Gasteiger partial charge on any atom is -0.444 e. The van der Waals surface area contributed by atoms with E-state index in [0.717, 1.165) is 53.2 Å². The van der Waals surface area contributed by atoms with E-state index in [0.29, 0.717) is 49.0 Å². The van der Waals surface area contributed by atoms with Gasteiger partial charge in [-0.3, -0.25) is 9.97 Å². The highest BCUT2D eigenvalue weighted by Crippen LogP contribution is 2.30. The smallest absolute Gasteiger partial charge is 0.410 e. The van der Waals surface area contributed by atoms with Gasteiger partial charge in [-0.05, 0) is 88.4 Å². The van der Waals surface area contributed by atoms with Crippen molar-refractivity contribution >= 4 is 65.3 Å². The van der Waals surface area contributed by atoms with Crippen molar-refractivity contribution in [3.05, 3.63) is 69.2 Å². The maximum atomic E-state index is 12.2. The van der Waals surface area contributed by atoms with Crippen LogP contribution in [-0.2, 0) is 27.1 Å². The summed E-state index contributed by atoms with van der Waals surface area (Å²) in [6, 6.07) is 3.76. The zero-order valence-corrected chi connectivity index (χ0v) is 31.3. The summed E-state index contributed by atoms with van der Waals surface area (Å²) >= 11 is 12.7. The predicted molar refractivity (Wildman–Crippen MR) is 194 cm³/mol. The molecule has 2 aromatic rings. The van der Waals surface area contributed by atoms with Crippen LogP contribution in [0.25, 0.3) is 11.1 Å². The molecule has 0 spiro atoms. The Morgan fingerprint density at radius 1 is 1.08 bits per heavy atom. The summed E-state index contributed by atoms with van der Waals surface area (Å²) in [5.41, 5.74) is 5.17. The lowest BCUT2D eigenvalue weighted by Gasteiger charge is -2.29. The maximum Gasteiger partial charge on any atom is 0.410 e. The van der Waals surface area contributed by atoms with Crippen LogP contribution in [0.5, 0.6) is 0 Å². The summed E-state index contributed by atoms with van der Waals surface area (Å²) in [5.74, 6) is -0.533. The fraction of sp³-hybridized carbons (Fsp3) is 0.559. The van der Waals surface area contributed by atoms with E-state index < -0.39 is 17.5 Å². The third-order valence-corrected chi connectivity index (χ3v) is 8.12. The lowest BCUT2D eigenvalue weighted by atomic mass is 10.0. The van der Waals surface area contributed by atoms with E-state index in [1.165, 1.54) is 0 Å². The number of aromatic nitrogens is 2. The van der Waals surface area contributed by atoms with Gasteiger partial charge in [-0.15, -0.1) is 24.8 Å². The molecular formula is C34H48Cl4N4O6. The maximum absolute atomic E-state index is 12.2. The van der Waals surface area contributed by atoms with Crippen LogP contribution in [-0.4, -0.2) is 94.2 Å². The Kier molecular flexibility index (Phi) is 16.6. The Morgan fingerprint density at radius 3 is 2.21 bits per heavy atom. The van der Waals surface area contributed by atoms with Crippen LogP contribution in [0.15, 0.2) is 36.7 Å². The first-order valence-electron chi connectivity index (χ1n) is 15.7. The molecule has 0 unspecified atom stereocenters. The molecule has 1 saturated heterocycles. The standard InChI is InChI=1S/C21H29ClN2O4.C13H17ClN2O2.2ClH/c1-20(2,3)28-19(25)24-8-6-15(7-9-24)18-17(22)11-14(12-23-18)10-16-13-26-21(4,5)27-16;14-12-6-9(5-11(18)8-17)7-16-13(12)10-1-3-15-4-2-10;;/h6,11-12,16H,7-10,13H2,1-5H3;1,6-7,11,15,17-18H,2-5,8H2;2*1H/t16-;11-;;/m11../s1. The molecule has 2 aromatic heterocycles. The predicted octanol–water partition coefficient (Wildman–Crippen LogP) is 6.30. The molecule has 10 nitrogen and oxygen atoms in total. The van der Waals surface area contributed by atoms with Gasteiger partial charge in [0.25, 0.3) is 0 Å². The van der Waals surface area contributed by atoms with Crippen molar-refractivity contribution in [1.29, 1.82) is 0 Å². The molecule has 1 amide bonds. The number of aliphatic hydroxyl groups is 2. The number of amides is 1. The average Bonchev–Trinajstić information content (AvgIpc) is 3.35. The van der Waals surface area contributed by atoms with Gasteiger partial charge in [0.2, 0.25) is 0 Å². The number of nitrogens with one attached hydrogen (secondary N) is 1. The molecule has 5 heterocycles. The van der Waals surface area contributed by atoms with Crippen LogP contribution in [0, 0.1) is 0 Å². The second-order valence-corrected chi connectivity index (χ2v) is 13.9. The van der Waals surface area contributed by atoms with Gasteiger partial charge in [0.15, 0.2) is 5.79 Å². The van der Waals surface area contributed by atoms with E-state index in [4.69, 9.17) is 42.5 Å². The lowest BCUT2D eigenvalue weighted by molar-refractivity contribution is -0.138. The summed E-state index contributed by atoms with van der Waals surface area (Å²) in [4.78, 5) is 22.8. The zero-order chi connectivity index (χ0) is 33.5. The van der Waals surface area contributed by atoms with Gasteiger partial charge < -0.3 is 34.6 Å². The van der Waals surface area contributed by atoms with Gasteiger partial charge in [0.1, 0.15) is 5.60 Å². The molecule has 48 heavy (non-hydrogen) atoms. The molecule has 1 fully saturated rings. The van der Waals surface area contributed by atoms with E-state index in [9.17, 15) is 9.90 Å². The molecule has 0 saturated carbocycles. The van der Waals surface area contributed by atoms with Crippen LogP contribution < -0.4 is 5.32 Å². The van der Waals surface area contributed by atoms with Crippen molar-refractivity contribution in [2.45, 2.75) is 83.9 Å². The molecule has 5 rings (SSSR count). The number of nitrogens with zero attached hydrogens (tertiary/aromatic N) is 3. The molecule has 0 aromatic carbocycles. The number of carbonyl (C=O) groups is 1. The number of aliphatic hydroxyl groups excluding tert-OH is 2. The summed E-state index contributed by atoms with van der Waals surface area (Å²) < 4.78 is 16.9. The van der Waals surface area contributed by atoms with Crippen LogP contribution >= 0.6 is 48.0 Å². The first-order valence-corrected chi connectivity index (χ1v) is 16.5. The topological polar surface area (TPSA) is 126 Å². The van der Waals surface area contributed by atoms with Crippen molar-refractivity contribution in [2.24, 2.45) is 0 Å². The highest BCUT2D eigenvalue weighted by molar-refractivity contribution is 6.32. The third kappa shape index (κ3) is 12.7. The van der Waals surface area contributed by atoms with Crippen molar-refractivity contribution in [1.82, 2.24) is 20.2 Å². The average molecular weight is 751 g/mol. The monoisotopic (exact) mass is 748 g/mol. The van der Waals surface area contributed by atoms with E-state index in [2.05, 4.69) is 21.4 Å². The van der Waals surface area contributed by atoms with Gasteiger partial charge in [0.05, 0.1) is 46.9 Å². The Balaban J connectivity index is 0.000000348. The molecule has 0 aliphatic carbocycles. The number of pyridine rings is 2. The first-order chi connectivity index (χ1) is 21.7. The van der Waals surface area contributed by atoms with Crippen molar-refractivity contribution in [2.75, 3.05) is 39.4 Å². The summed E-state index contributed by atoms with van der Waals surface area (Å²) in [5, 5.41) is 22.6. The highest BCUT2D eigenvalue weighted by atomic mass is 35.5. The zero-order valence-electron chi connectivity index (χ0n) is 28.1. The lowest BCUT2D eigenvalue weighted by Crippen LogP contribution is -2.39.